The molecule has 0 unspecified atom stereocenters. The van der Waals surface area contributed by atoms with Crippen LogP contribution in [0.3, 0.4) is 0 Å². The lowest BCUT2D eigenvalue weighted by Gasteiger charge is -2.13. The summed E-state index contributed by atoms with van der Waals surface area (Å²) < 4.78 is 10.4. The van der Waals surface area contributed by atoms with Crippen molar-refractivity contribution < 1.29 is 14.3 Å². The molecule has 25 heavy (non-hydrogen) atoms. The van der Waals surface area contributed by atoms with Gasteiger partial charge in [0.25, 0.3) is 5.91 Å². The molecule has 2 heterocycles. The molecule has 128 valence electrons. The van der Waals surface area contributed by atoms with Crippen LogP contribution in [0.4, 0.5) is 5.69 Å². The number of aromatic nitrogens is 3. The van der Waals surface area contributed by atoms with Crippen LogP contribution in [0.2, 0.25) is 5.02 Å². The minimum atomic E-state index is -0.403. The second-order valence-electron chi connectivity index (χ2n) is 5.02. The van der Waals surface area contributed by atoms with Gasteiger partial charge in [0.1, 0.15) is 28.6 Å². The van der Waals surface area contributed by atoms with E-state index in [1.165, 1.54) is 14.2 Å². The number of rotatable bonds is 5. The Morgan fingerprint density at radius 2 is 2.00 bits per heavy atom. The van der Waals surface area contributed by atoms with Gasteiger partial charge in [0.05, 0.1) is 24.9 Å². The summed E-state index contributed by atoms with van der Waals surface area (Å²) in [5.74, 6) is 0.515. The van der Waals surface area contributed by atoms with Crippen LogP contribution >= 0.6 is 11.6 Å². The summed E-state index contributed by atoms with van der Waals surface area (Å²) in [7, 11) is 3.00. The van der Waals surface area contributed by atoms with E-state index >= 15 is 0 Å². The van der Waals surface area contributed by atoms with Gasteiger partial charge in [0.2, 0.25) is 0 Å². The number of aromatic amines is 1. The molecule has 0 aliphatic carbocycles. The van der Waals surface area contributed by atoms with Gasteiger partial charge in [-0.3, -0.25) is 14.9 Å². The lowest BCUT2D eigenvalue weighted by Crippen LogP contribution is -2.13. The summed E-state index contributed by atoms with van der Waals surface area (Å²) in [5, 5.41) is 9.82. The first-order valence-electron chi connectivity index (χ1n) is 7.32. The highest BCUT2D eigenvalue weighted by atomic mass is 35.5. The number of pyridine rings is 1. The quantitative estimate of drug-likeness (QED) is 0.729. The number of benzene rings is 1. The number of halogens is 1. The van der Waals surface area contributed by atoms with E-state index in [9.17, 15) is 4.79 Å². The van der Waals surface area contributed by atoms with Crippen molar-refractivity contribution in [2.24, 2.45) is 0 Å². The number of H-pyrrole nitrogens is 1. The van der Waals surface area contributed by atoms with E-state index in [1.807, 2.05) is 12.1 Å². The van der Waals surface area contributed by atoms with Gasteiger partial charge in [-0.05, 0) is 18.2 Å². The molecule has 8 heteroatoms. The van der Waals surface area contributed by atoms with Gasteiger partial charge >= 0.3 is 0 Å². The van der Waals surface area contributed by atoms with Crippen LogP contribution < -0.4 is 14.8 Å². The molecular formula is C17H15ClN4O3. The predicted molar refractivity (Wildman–Crippen MR) is 94.3 cm³/mol. The number of amides is 1. The van der Waals surface area contributed by atoms with Crippen molar-refractivity contribution in [2.45, 2.75) is 0 Å². The maximum absolute atomic E-state index is 12.5. The lowest BCUT2D eigenvalue weighted by molar-refractivity contribution is 0.102. The Labute approximate surface area is 148 Å². The zero-order valence-corrected chi connectivity index (χ0v) is 14.3. The first-order chi connectivity index (χ1) is 12.1. The number of carbonyl (C=O) groups is 1. The topological polar surface area (TPSA) is 89.1 Å². The van der Waals surface area contributed by atoms with E-state index < -0.39 is 5.91 Å². The summed E-state index contributed by atoms with van der Waals surface area (Å²) in [6.45, 7) is 0. The number of methoxy groups -OCH3 is 2. The van der Waals surface area contributed by atoms with Gasteiger partial charge < -0.3 is 14.8 Å². The van der Waals surface area contributed by atoms with Crippen LogP contribution in [0.25, 0.3) is 11.4 Å². The molecular weight excluding hydrogens is 344 g/mol. The molecule has 0 fully saturated rings. The molecule has 2 N–H and O–H groups in total. The zero-order chi connectivity index (χ0) is 17.8. The first-order valence-corrected chi connectivity index (χ1v) is 7.70. The highest BCUT2D eigenvalue weighted by Gasteiger charge is 2.17. The number of anilines is 1. The number of hydrogen-bond acceptors (Lipinski definition) is 5. The first kappa shape index (κ1) is 16.8. The SMILES string of the molecule is COc1cc(Cl)c(NC(=O)c2cc(-c3ccccn3)n[nH]2)c(OC)c1. The number of ether oxygens (including phenoxy) is 2. The second kappa shape index (κ2) is 7.23. The Hall–Kier alpha value is -3.06. The van der Waals surface area contributed by atoms with Crippen molar-refractivity contribution >= 4 is 23.2 Å². The molecule has 0 bridgehead atoms. The largest absolute Gasteiger partial charge is 0.497 e. The monoisotopic (exact) mass is 358 g/mol. The summed E-state index contributed by atoms with van der Waals surface area (Å²) in [5.41, 5.74) is 1.86. The molecule has 2 aromatic heterocycles. The third kappa shape index (κ3) is 3.56. The molecule has 0 saturated carbocycles. The Morgan fingerprint density at radius 1 is 1.16 bits per heavy atom. The van der Waals surface area contributed by atoms with E-state index in [2.05, 4.69) is 20.5 Å². The predicted octanol–water partition coefficient (Wildman–Crippen LogP) is 3.39. The Balaban J connectivity index is 1.85. The highest BCUT2D eigenvalue weighted by molar-refractivity contribution is 6.34. The molecule has 0 aliphatic heterocycles. The third-order valence-electron chi connectivity index (χ3n) is 3.47. The average molecular weight is 359 g/mol. The second-order valence-corrected chi connectivity index (χ2v) is 5.43. The highest BCUT2D eigenvalue weighted by Crippen LogP contribution is 2.37. The van der Waals surface area contributed by atoms with Crippen LogP contribution in [0.15, 0.2) is 42.6 Å². The minimum absolute atomic E-state index is 0.273. The van der Waals surface area contributed by atoms with E-state index in [4.69, 9.17) is 21.1 Å². The Bertz CT molecular complexity index is 896. The normalized spacial score (nSPS) is 10.4. The summed E-state index contributed by atoms with van der Waals surface area (Å²) >= 11 is 6.21. The molecule has 0 spiro atoms. The van der Waals surface area contributed by atoms with E-state index in [1.54, 1.807) is 30.5 Å². The molecule has 0 aliphatic rings. The van der Waals surface area contributed by atoms with Crippen molar-refractivity contribution in [1.29, 1.82) is 0 Å². The number of carbonyl (C=O) groups excluding carboxylic acids is 1. The molecule has 7 nitrogen and oxygen atoms in total. The van der Waals surface area contributed by atoms with Gasteiger partial charge in [0.15, 0.2) is 0 Å². The van der Waals surface area contributed by atoms with Crippen molar-refractivity contribution in [3.8, 4) is 22.9 Å². The van der Waals surface area contributed by atoms with Crippen LogP contribution in [-0.4, -0.2) is 35.3 Å². The third-order valence-corrected chi connectivity index (χ3v) is 3.77. The molecule has 0 radical (unpaired) electrons. The molecule has 1 aromatic carbocycles. The maximum atomic E-state index is 12.5. The van der Waals surface area contributed by atoms with E-state index in [-0.39, 0.29) is 5.69 Å². The zero-order valence-electron chi connectivity index (χ0n) is 13.5. The fourth-order valence-corrected chi connectivity index (χ4v) is 2.47. The summed E-state index contributed by atoms with van der Waals surface area (Å²) in [6, 6.07) is 10.3. The van der Waals surface area contributed by atoms with Crippen molar-refractivity contribution in [1.82, 2.24) is 15.2 Å². The minimum Gasteiger partial charge on any atom is -0.497 e. The van der Waals surface area contributed by atoms with Crippen molar-refractivity contribution in [2.75, 3.05) is 19.5 Å². The van der Waals surface area contributed by atoms with Crippen LogP contribution in [0, 0.1) is 0 Å². The number of hydrogen-bond donors (Lipinski definition) is 2. The van der Waals surface area contributed by atoms with Crippen LogP contribution in [0.5, 0.6) is 11.5 Å². The average Bonchev–Trinajstić information content (AvgIpc) is 3.14. The van der Waals surface area contributed by atoms with Gasteiger partial charge in [0, 0.05) is 18.3 Å². The van der Waals surface area contributed by atoms with Crippen LogP contribution in [-0.2, 0) is 0 Å². The van der Waals surface area contributed by atoms with Gasteiger partial charge in [-0.2, -0.15) is 5.10 Å². The lowest BCUT2D eigenvalue weighted by atomic mass is 10.2. The Kier molecular flexibility index (Phi) is 4.85. The molecule has 3 rings (SSSR count). The van der Waals surface area contributed by atoms with Gasteiger partial charge in [-0.25, -0.2) is 0 Å². The summed E-state index contributed by atoms with van der Waals surface area (Å²) in [6.07, 6.45) is 1.66. The van der Waals surface area contributed by atoms with E-state index in [0.717, 1.165) is 0 Å². The van der Waals surface area contributed by atoms with Crippen molar-refractivity contribution in [3.63, 3.8) is 0 Å². The van der Waals surface area contributed by atoms with Crippen LogP contribution in [0.1, 0.15) is 10.5 Å². The number of nitrogens with one attached hydrogen (secondary N) is 2. The van der Waals surface area contributed by atoms with E-state index in [0.29, 0.717) is 33.6 Å². The Morgan fingerprint density at radius 3 is 2.68 bits per heavy atom. The molecule has 3 aromatic rings. The molecule has 1 amide bonds. The number of nitrogens with zero attached hydrogens (tertiary/aromatic N) is 2. The molecule has 0 saturated heterocycles. The van der Waals surface area contributed by atoms with Gasteiger partial charge in [-0.1, -0.05) is 17.7 Å². The van der Waals surface area contributed by atoms with Crippen molar-refractivity contribution in [3.05, 3.63) is 53.3 Å². The smallest absolute Gasteiger partial charge is 0.273 e. The standard InChI is InChI=1S/C17H15ClN4O3/c1-24-10-7-11(18)16(15(8-10)25-2)20-17(23)14-9-13(21-22-14)12-5-3-4-6-19-12/h3-9H,1-2H3,(H,20,23)(H,21,22). The summed E-state index contributed by atoms with van der Waals surface area (Å²) in [4.78, 5) is 16.7. The molecule has 0 atom stereocenters. The van der Waals surface area contributed by atoms with Gasteiger partial charge in [-0.15, -0.1) is 0 Å². The fraction of sp³-hybridized carbons (Fsp3) is 0.118. The fourth-order valence-electron chi connectivity index (χ4n) is 2.22. The maximum Gasteiger partial charge on any atom is 0.273 e.